The first-order valence-corrected chi connectivity index (χ1v) is 7.39. The van der Waals surface area contributed by atoms with Crippen LogP contribution in [-0.4, -0.2) is 11.9 Å². The molecule has 108 valence electrons. The van der Waals surface area contributed by atoms with Gasteiger partial charge in [0.25, 0.3) is 0 Å². The summed E-state index contributed by atoms with van der Waals surface area (Å²) in [5, 5.41) is 1.70. The minimum Gasteiger partial charge on any atom is -0.273 e. The average molecular weight is 272 g/mol. The van der Waals surface area contributed by atoms with Crippen LogP contribution in [0.3, 0.4) is 0 Å². The van der Waals surface area contributed by atoms with E-state index in [9.17, 15) is 4.79 Å². The molecule has 0 spiro atoms. The van der Waals surface area contributed by atoms with E-state index in [1.807, 2.05) is 30.3 Å². The van der Waals surface area contributed by atoms with Crippen LogP contribution in [0.5, 0.6) is 0 Å². The molecule has 1 heterocycles. The highest BCUT2D eigenvalue weighted by molar-refractivity contribution is 5.94. The van der Waals surface area contributed by atoms with Gasteiger partial charge in [0.2, 0.25) is 5.91 Å². The van der Waals surface area contributed by atoms with Gasteiger partial charge in [-0.05, 0) is 38.3 Å². The quantitative estimate of drug-likeness (QED) is 0.829. The number of hydrazine groups is 1. The number of hydrogen-bond acceptors (Lipinski definition) is 2. The van der Waals surface area contributed by atoms with Crippen molar-refractivity contribution in [2.75, 3.05) is 5.01 Å². The van der Waals surface area contributed by atoms with E-state index in [0.29, 0.717) is 12.3 Å². The van der Waals surface area contributed by atoms with Crippen molar-refractivity contribution in [2.45, 2.75) is 46.1 Å². The molecule has 1 fully saturated rings. The molecule has 1 amide bonds. The first-order chi connectivity index (χ1) is 9.61. The number of rotatable bonds is 5. The van der Waals surface area contributed by atoms with Crippen molar-refractivity contribution in [1.29, 1.82) is 0 Å². The second-order valence-electron chi connectivity index (χ2n) is 5.69. The van der Waals surface area contributed by atoms with Crippen molar-refractivity contribution < 1.29 is 4.79 Å². The molecule has 3 nitrogen and oxygen atoms in total. The first kappa shape index (κ1) is 14.8. The summed E-state index contributed by atoms with van der Waals surface area (Å²) in [6.07, 6.45) is 4.97. The molecule has 0 saturated carbocycles. The summed E-state index contributed by atoms with van der Waals surface area (Å²) in [6, 6.07) is 10.0. The lowest BCUT2D eigenvalue weighted by Gasteiger charge is -2.23. The molecule has 2 rings (SSSR count). The summed E-state index contributed by atoms with van der Waals surface area (Å²) >= 11 is 0. The maximum Gasteiger partial charge on any atom is 0.243 e. The number of allylic oxidation sites excluding steroid dienone is 2. The minimum absolute atomic E-state index is 0.164. The SMILES string of the molecule is CCC(CC=C(C)C)C1CC(=O)N(c2ccccc2)N1. The van der Waals surface area contributed by atoms with Crippen LogP contribution in [0.25, 0.3) is 0 Å². The molecule has 0 bridgehead atoms. The number of nitrogens with zero attached hydrogens (tertiary/aromatic N) is 1. The summed E-state index contributed by atoms with van der Waals surface area (Å²) in [5.41, 5.74) is 5.65. The van der Waals surface area contributed by atoms with Crippen molar-refractivity contribution in [3.63, 3.8) is 0 Å². The molecule has 1 aliphatic heterocycles. The summed E-state index contributed by atoms with van der Waals surface area (Å²) in [6.45, 7) is 6.44. The fraction of sp³-hybridized carbons (Fsp3) is 0.471. The predicted octanol–water partition coefficient (Wildman–Crippen LogP) is 3.68. The van der Waals surface area contributed by atoms with Crippen molar-refractivity contribution in [1.82, 2.24) is 5.43 Å². The van der Waals surface area contributed by atoms with E-state index in [1.165, 1.54) is 5.57 Å². The van der Waals surface area contributed by atoms with Gasteiger partial charge in [-0.2, -0.15) is 0 Å². The van der Waals surface area contributed by atoms with E-state index in [4.69, 9.17) is 0 Å². The van der Waals surface area contributed by atoms with Crippen LogP contribution in [0, 0.1) is 5.92 Å². The van der Waals surface area contributed by atoms with E-state index in [2.05, 4.69) is 32.3 Å². The molecule has 20 heavy (non-hydrogen) atoms. The number of nitrogens with one attached hydrogen (secondary N) is 1. The Hall–Kier alpha value is -1.61. The highest BCUT2D eigenvalue weighted by Crippen LogP contribution is 2.26. The van der Waals surface area contributed by atoms with Gasteiger partial charge in [-0.3, -0.25) is 4.79 Å². The Morgan fingerprint density at radius 1 is 1.40 bits per heavy atom. The molecule has 1 aliphatic rings. The zero-order valence-electron chi connectivity index (χ0n) is 12.6. The molecule has 2 atom stereocenters. The lowest BCUT2D eigenvalue weighted by atomic mass is 9.91. The van der Waals surface area contributed by atoms with Gasteiger partial charge < -0.3 is 0 Å². The Morgan fingerprint density at radius 3 is 2.70 bits per heavy atom. The third kappa shape index (κ3) is 3.48. The van der Waals surface area contributed by atoms with E-state index in [0.717, 1.165) is 18.5 Å². The van der Waals surface area contributed by atoms with Crippen LogP contribution in [0.4, 0.5) is 5.69 Å². The summed E-state index contributed by atoms with van der Waals surface area (Å²) in [4.78, 5) is 12.2. The van der Waals surface area contributed by atoms with Crippen molar-refractivity contribution in [3.05, 3.63) is 42.0 Å². The Kier molecular flexibility index (Phi) is 4.96. The van der Waals surface area contributed by atoms with E-state index in [-0.39, 0.29) is 11.9 Å². The zero-order valence-corrected chi connectivity index (χ0v) is 12.6. The molecule has 3 heteroatoms. The molecule has 1 saturated heterocycles. The maximum absolute atomic E-state index is 12.2. The average Bonchev–Trinajstić information content (AvgIpc) is 2.82. The van der Waals surface area contributed by atoms with Crippen LogP contribution < -0.4 is 10.4 Å². The molecule has 1 aromatic carbocycles. The number of anilines is 1. The second kappa shape index (κ2) is 6.71. The van der Waals surface area contributed by atoms with E-state index < -0.39 is 0 Å². The molecule has 2 unspecified atom stereocenters. The molecular weight excluding hydrogens is 248 g/mol. The smallest absolute Gasteiger partial charge is 0.243 e. The standard InChI is InChI=1S/C17H24N2O/c1-4-14(11-10-13(2)3)16-12-17(20)19(18-16)15-8-6-5-7-9-15/h5-10,14,16,18H,4,11-12H2,1-3H3. The van der Waals surface area contributed by atoms with Crippen LogP contribution in [0.2, 0.25) is 0 Å². The molecule has 0 aliphatic carbocycles. The lowest BCUT2D eigenvalue weighted by molar-refractivity contribution is -0.117. The van der Waals surface area contributed by atoms with Crippen LogP contribution >= 0.6 is 0 Å². The minimum atomic E-state index is 0.164. The topological polar surface area (TPSA) is 32.3 Å². The summed E-state index contributed by atoms with van der Waals surface area (Å²) in [7, 11) is 0. The third-order valence-corrected chi connectivity index (χ3v) is 3.88. The largest absolute Gasteiger partial charge is 0.273 e. The van der Waals surface area contributed by atoms with Gasteiger partial charge in [0, 0.05) is 12.5 Å². The van der Waals surface area contributed by atoms with Crippen molar-refractivity contribution >= 4 is 11.6 Å². The fourth-order valence-electron chi connectivity index (χ4n) is 2.63. The number of benzene rings is 1. The second-order valence-corrected chi connectivity index (χ2v) is 5.69. The highest BCUT2D eigenvalue weighted by atomic mass is 16.2. The van der Waals surface area contributed by atoms with Gasteiger partial charge in [0.15, 0.2) is 0 Å². The zero-order chi connectivity index (χ0) is 14.5. The van der Waals surface area contributed by atoms with Crippen molar-refractivity contribution in [2.24, 2.45) is 5.92 Å². The lowest BCUT2D eigenvalue weighted by Crippen LogP contribution is -2.40. The molecule has 1 N–H and O–H groups in total. The predicted molar refractivity (Wildman–Crippen MR) is 83.3 cm³/mol. The Bertz CT molecular complexity index is 477. The van der Waals surface area contributed by atoms with Crippen LogP contribution in [-0.2, 0) is 4.79 Å². The van der Waals surface area contributed by atoms with Crippen LogP contribution in [0.1, 0.15) is 40.0 Å². The van der Waals surface area contributed by atoms with Gasteiger partial charge in [0.1, 0.15) is 0 Å². The monoisotopic (exact) mass is 272 g/mol. The van der Waals surface area contributed by atoms with Crippen LogP contribution in [0.15, 0.2) is 42.0 Å². The Balaban J connectivity index is 2.06. The molecule has 0 radical (unpaired) electrons. The highest BCUT2D eigenvalue weighted by Gasteiger charge is 2.33. The van der Waals surface area contributed by atoms with Gasteiger partial charge in [0.05, 0.1) is 5.69 Å². The number of amides is 1. The third-order valence-electron chi connectivity index (χ3n) is 3.88. The van der Waals surface area contributed by atoms with E-state index >= 15 is 0 Å². The fourth-order valence-corrected chi connectivity index (χ4v) is 2.63. The number of carbonyl (C=O) groups is 1. The first-order valence-electron chi connectivity index (χ1n) is 7.39. The van der Waals surface area contributed by atoms with Gasteiger partial charge in [-0.15, -0.1) is 0 Å². The van der Waals surface area contributed by atoms with Gasteiger partial charge in [-0.25, -0.2) is 10.4 Å². The van der Waals surface area contributed by atoms with Gasteiger partial charge >= 0.3 is 0 Å². The molecular formula is C17H24N2O. The summed E-state index contributed by atoms with van der Waals surface area (Å²) in [5.74, 6) is 0.666. The Labute approximate surface area is 121 Å². The number of hydrogen-bond donors (Lipinski definition) is 1. The molecule has 0 aromatic heterocycles. The number of carbonyl (C=O) groups excluding carboxylic acids is 1. The van der Waals surface area contributed by atoms with Crippen molar-refractivity contribution in [3.8, 4) is 0 Å². The van der Waals surface area contributed by atoms with E-state index in [1.54, 1.807) is 5.01 Å². The molecule has 1 aromatic rings. The Morgan fingerprint density at radius 2 is 2.10 bits per heavy atom. The maximum atomic E-state index is 12.2. The van der Waals surface area contributed by atoms with Gasteiger partial charge in [-0.1, -0.05) is 43.2 Å². The summed E-state index contributed by atoms with van der Waals surface area (Å²) < 4.78 is 0. The number of para-hydroxylation sites is 1. The normalized spacial score (nSPS) is 20.1.